The van der Waals surface area contributed by atoms with Gasteiger partial charge in [0.05, 0.1) is 20.6 Å². The van der Waals surface area contributed by atoms with Crippen LogP contribution in [0, 0.1) is 10.1 Å². The van der Waals surface area contributed by atoms with Gasteiger partial charge in [-0.2, -0.15) is 0 Å². The molecule has 1 N–H and O–H groups in total. The summed E-state index contributed by atoms with van der Waals surface area (Å²) in [6.07, 6.45) is 0. The van der Waals surface area contributed by atoms with Gasteiger partial charge in [0.2, 0.25) is 0 Å². The van der Waals surface area contributed by atoms with Gasteiger partial charge in [-0.3, -0.25) is 10.1 Å². The lowest BCUT2D eigenvalue weighted by Gasteiger charge is -2.05. The predicted molar refractivity (Wildman–Crippen MR) is 60.0 cm³/mol. The lowest BCUT2D eigenvalue weighted by molar-refractivity contribution is -0.384. The topological polar surface area (TPSA) is 55.2 Å². The lowest BCUT2D eigenvalue weighted by Crippen LogP contribution is -2.03. The number of anilines is 1. The van der Waals surface area contributed by atoms with Crippen LogP contribution in [0.2, 0.25) is 5.02 Å². The van der Waals surface area contributed by atoms with E-state index in [1.165, 1.54) is 18.2 Å². The highest BCUT2D eigenvalue weighted by Gasteiger charge is 2.08. The zero-order valence-electron chi connectivity index (χ0n) is 7.28. The van der Waals surface area contributed by atoms with E-state index in [1.807, 2.05) is 0 Å². The molecule has 0 atom stereocenters. The van der Waals surface area contributed by atoms with Gasteiger partial charge < -0.3 is 5.32 Å². The van der Waals surface area contributed by atoms with Crippen molar-refractivity contribution in [2.24, 2.45) is 0 Å². The summed E-state index contributed by atoms with van der Waals surface area (Å²) >= 11 is 10.6. The molecule has 14 heavy (non-hydrogen) atoms. The number of rotatable bonds is 2. The monoisotopic (exact) mass is 230 g/mol. The second-order valence-electron chi connectivity index (χ2n) is 2.60. The third-order valence-electron chi connectivity index (χ3n) is 1.47. The summed E-state index contributed by atoms with van der Waals surface area (Å²) in [5.74, 6) is 0. The molecule has 0 saturated carbocycles. The Kier molecular flexibility index (Phi) is 3.38. The van der Waals surface area contributed by atoms with Crippen LogP contribution in [-0.2, 0) is 0 Å². The average molecular weight is 231 g/mol. The average Bonchev–Trinajstić information content (AvgIpc) is 2.07. The Morgan fingerprint density at radius 1 is 1.64 bits per heavy atom. The Morgan fingerprint density at radius 3 is 2.71 bits per heavy atom. The molecular formula is C8H7ClN2O2S. The minimum Gasteiger partial charge on any atom is -0.349 e. The second kappa shape index (κ2) is 4.34. The van der Waals surface area contributed by atoms with Crippen molar-refractivity contribution in [3.8, 4) is 0 Å². The molecule has 0 bridgehead atoms. The van der Waals surface area contributed by atoms with Crippen LogP contribution < -0.4 is 5.32 Å². The molecule has 0 radical (unpaired) electrons. The molecule has 6 heteroatoms. The van der Waals surface area contributed by atoms with Gasteiger partial charge in [-0.05, 0) is 13.0 Å². The summed E-state index contributed by atoms with van der Waals surface area (Å²) in [5, 5.41) is 13.5. The number of halogens is 1. The van der Waals surface area contributed by atoms with Gasteiger partial charge in [-0.25, -0.2) is 0 Å². The van der Waals surface area contributed by atoms with Crippen molar-refractivity contribution < 1.29 is 4.92 Å². The summed E-state index contributed by atoms with van der Waals surface area (Å²) < 4.78 is 0. The minimum atomic E-state index is -0.500. The van der Waals surface area contributed by atoms with Gasteiger partial charge in [-0.15, -0.1) is 0 Å². The van der Waals surface area contributed by atoms with Crippen LogP contribution in [0.4, 0.5) is 11.4 Å². The normalized spacial score (nSPS) is 9.57. The van der Waals surface area contributed by atoms with Crippen molar-refractivity contribution >= 4 is 40.2 Å². The molecule has 0 fully saturated rings. The molecule has 0 aliphatic carbocycles. The third-order valence-corrected chi connectivity index (χ3v) is 1.89. The highest BCUT2D eigenvalue weighted by atomic mass is 35.5. The van der Waals surface area contributed by atoms with E-state index in [4.69, 9.17) is 23.8 Å². The Bertz CT molecular complexity index is 395. The number of nitrogens with zero attached hydrogens (tertiary/aromatic N) is 1. The molecule has 0 unspecified atom stereocenters. The quantitative estimate of drug-likeness (QED) is 0.482. The number of hydrogen-bond donors (Lipinski definition) is 1. The summed E-state index contributed by atoms with van der Waals surface area (Å²) in [7, 11) is 0. The first-order chi connectivity index (χ1) is 6.50. The summed E-state index contributed by atoms with van der Waals surface area (Å²) in [4.78, 5) is 10.4. The fraction of sp³-hybridized carbons (Fsp3) is 0.125. The van der Waals surface area contributed by atoms with Gasteiger partial charge >= 0.3 is 0 Å². The summed E-state index contributed by atoms with van der Waals surface area (Å²) in [6.45, 7) is 1.70. The van der Waals surface area contributed by atoms with E-state index in [0.29, 0.717) is 10.7 Å². The van der Waals surface area contributed by atoms with Crippen molar-refractivity contribution in [1.82, 2.24) is 0 Å². The molecule has 0 aliphatic rings. The summed E-state index contributed by atoms with van der Waals surface area (Å²) in [5.41, 5.74) is 0.535. The summed E-state index contributed by atoms with van der Waals surface area (Å²) in [6, 6.07) is 4.17. The van der Waals surface area contributed by atoms with E-state index in [2.05, 4.69) is 5.32 Å². The first kappa shape index (κ1) is 10.9. The zero-order valence-corrected chi connectivity index (χ0v) is 8.85. The van der Waals surface area contributed by atoms with Gasteiger partial charge in [0.1, 0.15) is 0 Å². The Labute approximate surface area is 91.0 Å². The van der Waals surface area contributed by atoms with E-state index < -0.39 is 4.92 Å². The molecular weight excluding hydrogens is 224 g/mol. The molecule has 0 heterocycles. The largest absolute Gasteiger partial charge is 0.349 e. The molecule has 74 valence electrons. The van der Waals surface area contributed by atoms with Crippen molar-refractivity contribution in [1.29, 1.82) is 0 Å². The fourth-order valence-electron chi connectivity index (χ4n) is 0.909. The van der Waals surface area contributed by atoms with Crippen molar-refractivity contribution in [2.75, 3.05) is 5.32 Å². The minimum absolute atomic E-state index is 0.0393. The SMILES string of the molecule is CC(=S)Nc1ccc([N+](=O)[O-])cc1Cl. The number of nitro benzene ring substituents is 1. The maximum absolute atomic E-state index is 10.4. The van der Waals surface area contributed by atoms with Gasteiger partial charge in [-0.1, -0.05) is 23.8 Å². The first-order valence-electron chi connectivity index (χ1n) is 3.72. The molecule has 0 spiro atoms. The fourth-order valence-corrected chi connectivity index (χ4v) is 1.24. The van der Waals surface area contributed by atoms with Crippen LogP contribution in [0.3, 0.4) is 0 Å². The van der Waals surface area contributed by atoms with Crippen LogP contribution in [0.1, 0.15) is 6.92 Å². The van der Waals surface area contributed by atoms with E-state index in [0.717, 1.165) is 0 Å². The standard InChI is InChI=1S/C8H7ClN2O2S/c1-5(14)10-8-3-2-6(11(12)13)4-7(8)9/h2-4H,1H3,(H,10,14). The number of nitro groups is 1. The molecule has 1 aromatic rings. The number of nitrogens with one attached hydrogen (secondary N) is 1. The van der Waals surface area contributed by atoms with Gasteiger partial charge in [0.25, 0.3) is 5.69 Å². The number of benzene rings is 1. The smallest absolute Gasteiger partial charge is 0.271 e. The third kappa shape index (κ3) is 2.65. The Morgan fingerprint density at radius 2 is 2.29 bits per heavy atom. The number of non-ortho nitro benzene ring substituents is 1. The van der Waals surface area contributed by atoms with Gasteiger partial charge in [0, 0.05) is 12.1 Å². The highest BCUT2D eigenvalue weighted by molar-refractivity contribution is 7.80. The van der Waals surface area contributed by atoms with Crippen LogP contribution in [0.25, 0.3) is 0 Å². The van der Waals surface area contributed by atoms with Crippen LogP contribution in [-0.4, -0.2) is 9.91 Å². The highest BCUT2D eigenvalue weighted by Crippen LogP contribution is 2.26. The molecule has 0 aromatic heterocycles. The predicted octanol–water partition coefficient (Wildman–Crippen LogP) is 3.01. The molecule has 1 rings (SSSR count). The molecule has 0 aliphatic heterocycles. The second-order valence-corrected chi connectivity index (χ2v) is 3.62. The molecule has 0 saturated heterocycles. The Hall–Kier alpha value is -1.20. The van der Waals surface area contributed by atoms with E-state index in [-0.39, 0.29) is 10.7 Å². The maximum Gasteiger partial charge on any atom is 0.271 e. The lowest BCUT2D eigenvalue weighted by atomic mass is 10.3. The van der Waals surface area contributed by atoms with Crippen LogP contribution in [0.15, 0.2) is 18.2 Å². The van der Waals surface area contributed by atoms with E-state index >= 15 is 0 Å². The van der Waals surface area contributed by atoms with Crippen LogP contribution in [0.5, 0.6) is 0 Å². The van der Waals surface area contributed by atoms with Gasteiger partial charge in [0.15, 0.2) is 0 Å². The molecule has 0 amide bonds. The number of thiocarbonyl (C=S) groups is 1. The van der Waals surface area contributed by atoms with Crippen molar-refractivity contribution in [2.45, 2.75) is 6.92 Å². The van der Waals surface area contributed by atoms with E-state index in [9.17, 15) is 10.1 Å². The molecule has 4 nitrogen and oxygen atoms in total. The molecule has 1 aromatic carbocycles. The van der Waals surface area contributed by atoms with Crippen molar-refractivity contribution in [3.05, 3.63) is 33.3 Å². The van der Waals surface area contributed by atoms with Crippen molar-refractivity contribution in [3.63, 3.8) is 0 Å². The Balaban J connectivity index is 3.01. The number of hydrogen-bond acceptors (Lipinski definition) is 3. The maximum atomic E-state index is 10.4. The first-order valence-corrected chi connectivity index (χ1v) is 4.51. The zero-order chi connectivity index (χ0) is 10.7. The van der Waals surface area contributed by atoms with E-state index in [1.54, 1.807) is 6.92 Å². The van der Waals surface area contributed by atoms with Crippen LogP contribution >= 0.6 is 23.8 Å².